The molecular weight excluding hydrogens is 375 g/mol. The Morgan fingerprint density at radius 1 is 1.15 bits per heavy atom. The molecule has 1 heterocycles. The van der Waals surface area contributed by atoms with E-state index in [1.54, 1.807) is 0 Å². The van der Waals surface area contributed by atoms with E-state index in [2.05, 4.69) is 0 Å². The molecule has 3 rings (SSSR count). The summed E-state index contributed by atoms with van der Waals surface area (Å²) < 4.78 is 70.5. The van der Waals surface area contributed by atoms with E-state index in [1.807, 2.05) is 0 Å². The van der Waals surface area contributed by atoms with Crippen molar-refractivity contribution in [3.63, 3.8) is 0 Å². The zero-order valence-corrected chi connectivity index (χ0v) is 13.8. The van der Waals surface area contributed by atoms with Crippen LogP contribution in [0.15, 0.2) is 47.4 Å². The number of rotatable bonds is 3. The van der Waals surface area contributed by atoms with Crippen LogP contribution in [0, 0.1) is 0 Å². The largest absolute Gasteiger partial charge is 0.489 e. The van der Waals surface area contributed by atoms with E-state index in [0.717, 1.165) is 22.5 Å². The molecule has 1 aliphatic heterocycles. The van der Waals surface area contributed by atoms with Gasteiger partial charge in [0, 0.05) is 0 Å². The second-order valence-electron chi connectivity index (χ2n) is 5.44. The van der Waals surface area contributed by atoms with E-state index >= 15 is 0 Å². The summed E-state index contributed by atoms with van der Waals surface area (Å²) in [5.74, 6) is -1.18. The number of hydrogen-bond acceptors (Lipinski definition) is 4. The summed E-state index contributed by atoms with van der Waals surface area (Å²) in [5.41, 5.74) is -1.10. The highest BCUT2D eigenvalue weighted by atomic mass is 32.2. The van der Waals surface area contributed by atoms with E-state index in [4.69, 9.17) is 9.84 Å². The van der Waals surface area contributed by atoms with Crippen LogP contribution in [0.2, 0.25) is 0 Å². The third-order valence-electron chi connectivity index (χ3n) is 3.78. The topological polar surface area (TPSA) is 83.9 Å². The molecule has 0 saturated heterocycles. The second kappa shape index (κ2) is 6.20. The maximum Gasteiger partial charge on any atom is 0.416 e. The Labute approximate surface area is 146 Å². The van der Waals surface area contributed by atoms with Crippen LogP contribution in [-0.2, 0) is 16.2 Å². The first-order valence-corrected chi connectivity index (χ1v) is 8.75. The third-order valence-corrected chi connectivity index (χ3v) is 5.59. The molecule has 1 aliphatic rings. The van der Waals surface area contributed by atoms with Gasteiger partial charge in [0.05, 0.1) is 28.3 Å². The molecule has 0 fully saturated rings. The predicted octanol–water partition coefficient (Wildman–Crippen LogP) is 2.99. The third kappa shape index (κ3) is 3.19. The van der Waals surface area contributed by atoms with Gasteiger partial charge in [-0.1, -0.05) is 6.07 Å². The number of benzene rings is 2. The van der Waals surface area contributed by atoms with Crippen molar-refractivity contribution in [1.29, 1.82) is 0 Å². The smallest absolute Gasteiger partial charge is 0.416 e. The first-order valence-electron chi connectivity index (χ1n) is 7.31. The Bertz CT molecular complexity index is 972. The predicted molar refractivity (Wildman–Crippen MR) is 84.9 cm³/mol. The molecule has 0 aliphatic carbocycles. The van der Waals surface area contributed by atoms with Gasteiger partial charge in [-0.05, 0) is 36.4 Å². The van der Waals surface area contributed by atoms with Crippen molar-refractivity contribution in [2.24, 2.45) is 0 Å². The molecule has 0 amide bonds. The molecule has 138 valence electrons. The zero-order chi connectivity index (χ0) is 19.1. The number of aromatic carboxylic acids is 1. The molecule has 0 aromatic heterocycles. The fraction of sp³-hybridized carbons (Fsp3) is 0.188. The average molecular weight is 387 g/mol. The zero-order valence-electron chi connectivity index (χ0n) is 13.0. The van der Waals surface area contributed by atoms with Gasteiger partial charge in [0.1, 0.15) is 12.4 Å². The monoisotopic (exact) mass is 387 g/mol. The molecule has 6 nitrogen and oxygen atoms in total. The molecule has 0 radical (unpaired) electrons. The van der Waals surface area contributed by atoms with Crippen molar-refractivity contribution < 1.29 is 36.2 Å². The molecular formula is C16H12F3NO5S. The summed E-state index contributed by atoms with van der Waals surface area (Å²) in [4.78, 5) is 10.5. The molecule has 0 spiro atoms. The lowest BCUT2D eigenvalue weighted by atomic mass is 10.2. The van der Waals surface area contributed by atoms with Crippen LogP contribution < -0.4 is 9.04 Å². The molecule has 0 bridgehead atoms. The molecule has 2 aromatic rings. The Morgan fingerprint density at radius 2 is 1.88 bits per heavy atom. The van der Waals surface area contributed by atoms with Gasteiger partial charge >= 0.3 is 12.1 Å². The highest BCUT2D eigenvalue weighted by molar-refractivity contribution is 7.92. The van der Waals surface area contributed by atoms with Crippen LogP contribution in [-0.4, -0.2) is 32.6 Å². The van der Waals surface area contributed by atoms with Crippen molar-refractivity contribution in [3.05, 3.63) is 53.6 Å². The minimum absolute atomic E-state index is 0.0340. The number of sulfonamides is 1. The highest BCUT2D eigenvalue weighted by Crippen LogP contribution is 2.37. The van der Waals surface area contributed by atoms with Gasteiger partial charge in [-0.15, -0.1) is 0 Å². The van der Waals surface area contributed by atoms with E-state index in [-0.39, 0.29) is 30.2 Å². The van der Waals surface area contributed by atoms with Crippen molar-refractivity contribution >= 4 is 21.7 Å². The number of carbonyl (C=O) groups is 1. The summed E-state index contributed by atoms with van der Waals surface area (Å²) in [7, 11) is -4.29. The minimum Gasteiger partial charge on any atom is -0.489 e. The van der Waals surface area contributed by atoms with Crippen LogP contribution in [0.5, 0.6) is 5.75 Å². The fourth-order valence-corrected chi connectivity index (χ4v) is 4.04. The number of halogens is 3. The normalized spacial score (nSPS) is 14.5. The summed E-state index contributed by atoms with van der Waals surface area (Å²) in [5, 5.41) is 9.00. The number of hydrogen-bond donors (Lipinski definition) is 1. The Balaban J connectivity index is 2.06. The first-order chi connectivity index (χ1) is 12.1. The maximum absolute atomic E-state index is 12.9. The van der Waals surface area contributed by atoms with Gasteiger partial charge in [0.15, 0.2) is 0 Å². The first kappa shape index (κ1) is 18.1. The molecule has 0 unspecified atom stereocenters. The fourth-order valence-electron chi connectivity index (χ4n) is 2.54. The van der Waals surface area contributed by atoms with E-state index in [9.17, 15) is 26.4 Å². The van der Waals surface area contributed by atoms with Gasteiger partial charge in [0.25, 0.3) is 10.0 Å². The lowest BCUT2D eigenvalue weighted by molar-refractivity contribution is -0.137. The van der Waals surface area contributed by atoms with Crippen LogP contribution in [0.3, 0.4) is 0 Å². The quantitative estimate of drug-likeness (QED) is 0.875. The second-order valence-corrected chi connectivity index (χ2v) is 7.30. The Hall–Kier alpha value is -2.75. The lowest BCUT2D eigenvalue weighted by Crippen LogP contribution is -2.38. The number of alkyl halides is 3. The lowest BCUT2D eigenvalue weighted by Gasteiger charge is -2.30. The van der Waals surface area contributed by atoms with E-state index < -0.39 is 32.6 Å². The molecule has 26 heavy (non-hydrogen) atoms. The van der Waals surface area contributed by atoms with Gasteiger partial charge in [-0.2, -0.15) is 13.2 Å². The number of ether oxygens (including phenoxy) is 1. The van der Waals surface area contributed by atoms with Crippen molar-refractivity contribution in [2.45, 2.75) is 11.1 Å². The molecule has 0 saturated carbocycles. The van der Waals surface area contributed by atoms with Gasteiger partial charge in [-0.25, -0.2) is 13.2 Å². The number of anilines is 1. The van der Waals surface area contributed by atoms with Crippen molar-refractivity contribution in [2.75, 3.05) is 17.5 Å². The molecule has 0 atom stereocenters. The Morgan fingerprint density at radius 3 is 2.54 bits per heavy atom. The van der Waals surface area contributed by atoms with Gasteiger partial charge in [-0.3, -0.25) is 4.31 Å². The molecule has 1 N–H and O–H groups in total. The number of nitrogens with zero attached hydrogens (tertiary/aromatic N) is 1. The van der Waals surface area contributed by atoms with Crippen LogP contribution in [0.25, 0.3) is 0 Å². The molecule has 10 heteroatoms. The highest BCUT2D eigenvalue weighted by Gasteiger charge is 2.34. The number of carboxylic acids is 1. The number of carboxylic acid groups (broad SMARTS) is 1. The van der Waals surface area contributed by atoms with Gasteiger partial charge in [0.2, 0.25) is 0 Å². The van der Waals surface area contributed by atoms with Crippen LogP contribution >= 0.6 is 0 Å². The standard InChI is InChI=1S/C16H12F3NO5S/c17-16(18,19)11-2-1-3-12(9-11)26(23,24)20-6-7-25-14-8-10(15(21)22)4-5-13(14)20/h1-5,8-9H,6-7H2,(H,21,22). The summed E-state index contributed by atoms with van der Waals surface area (Å²) >= 11 is 0. The SMILES string of the molecule is O=C(O)c1ccc2c(c1)OCCN2S(=O)(=O)c1cccc(C(F)(F)F)c1. The van der Waals surface area contributed by atoms with Crippen LogP contribution in [0.1, 0.15) is 15.9 Å². The van der Waals surface area contributed by atoms with E-state index in [1.165, 1.54) is 18.2 Å². The van der Waals surface area contributed by atoms with E-state index in [0.29, 0.717) is 6.07 Å². The summed E-state index contributed by atoms with van der Waals surface area (Å²) in [6, 6.07) is 7.07. The van der Waals surface area contributed by atoms with Gasteiger partial charge < -0.3 is 9.84 Å². The van der Waals surface area contributed by atoms with Crippen LogP contribution in [0.4, 0.5) is 18.9 Å². The van der Waals surface area contributed by atoms with Crippen molar-refractivity contribution in [1.82, 2.24) is 0 Å². The Kier molecular flexibility index (Phi) is 4.31. The van der Waals surface area contributed by atoms with Crippen molar-refractivity contribution in [3.8, 4) is 5.75 Å². The molecule has 2 aromatic carbocycles. The number of fused-ring (bicyclic) bond motifs is 1. The maximum atomic E-state index is 12.9. The minimum atomic E-state index is -4.68. The average Bonchev–Trinajstić information content (AvgIpc) is 2.60. The summed E-state index contributed by atoms with van der Waals surface area (Å²) in [6.45, 7) is -0.174. The summed E-state index contributed by atoms with van der Waals surface area (Å²) in [6.07, 6.45) is -4.68.